The number of aliphatic imine (C=N–C) groups is 2. The molecule has 1 aromatic heterocycles. The van der Waals surface area contributed by atoms with Crippen LogP contribution >= 0.6 is 0 Å². The topological polar surface area (TPSA) is 87.3 Å². The molecule has 0 atom stereocenters. The second-order valence-corrected chi connectivity index (χ2v) is 5.98. The number of pyridine rings is 1. The minimum Gasteiger partial charge on any atom is -0.508 e. The molecule has 0 unspecified atom stereocenters. The van der Waals surface area contributed by atoms with E-state index >= 15 is 0 Å². The predicted molar refractivity (Wildman–Crippen MR) is 101 cm³/mol. The Morgan fingerprint density at radius 2 is 1.92 bits per heavy atom. The molecule has 2 N–H and O–H groups in total. The van der Waals surface area contributed by atoms with E-state index in [1.807, 2.05) is 18.2 Å². The Balaban J connectivity index is 1.68. The van der Waals surface area contributed by atoms with Crippen LogP contribution in [0.3, 0.4) is 0 Å². The normalized spacial score (nSPS) is 14.1. The summed E-state index contributed by atoms with van der Waals surface area (Å²) < 4.78 is 5.22. The molecule has 0 saturated heterocycles. The number of aromatic nitrogens is 1. The van der Waals surface area contributed by atoms with E-state index in [4.69, 9.17) is 4.74 Å². The molecule has 3 aromatic rings. The number of benzene rings is 2. The SMILES string of the molecule is COc1cc2ccnc3c2c(c1O)N=CC3=NCCc1ccc(O)cc1. The second-order valence-electron chi connectivity index (χ2n) is 5.98. The van der Waals surface area contributed by atoms with Crippen LogP contribution in [0.15, 0.2) is 52.6 Å². The molecule has 1 aliphatic heterocycles. The van der Waals surface area contributed by atoms with Gasteiger partial charge in [0.2, 0.25) is 0 Å². The Kier molecular flexibility index (Phi) is 4.01. The summed E-state index contributed by atoms with van der Waals surface area (Å²) in [7, 11) is 1.51. The summed E-state index contributed by atoms with van der Waals surface area (Å²) in [5, 5.41) is 21.4. The highest BCUT2D eigenvalue weighted by Crippen LogP contribution is 2.44. The van der Waals surface area contributed by atoms with Crippen molar-refractivity contribution in [2.75, 3.05) is 13.7 Å². The van der Waals surface area contributed by atoms with Crippen LogP contribution in [0.25, 0.3) is 10.8 Å². The highest BCUT2D eigenvalue weighted by molar-refractivity contribution is 6.43. The lowest BCUT2D eigenvalue weighted by Gasteiger charge is -2.16. The molecule has 0 amide bonds. The number of methoxy groups -OCH3 is 1. The van der Waals surface area contributed by atoms with Crippen molar-refractivity contribution in [1.82, 2.24) is 4.98 Å². The van der Waals surface area contributed by atoms with E-state index in [0.717, 1.165) is 22.8 Å². The van der Waals surface area contributed by atoms with E-state index in [-0.39, 0.29) is 11.5 Å². The fraction of sp³-hybridized carbons (Fsp3) is 0.150. The van der Waals surface area contributed by atoms with E-state index in [1.165, 1.54) is 7.11 Å². The summed E-state index contributed by atoms with van der Waals surface area (Å²) in [5.74, 6) is 0.644. The maximum atomic E-state index is 10.4. The molecular formula is C20H17N3O3. The number of rotatable bonds is 4. The van der Waals surface area contributed by atoms with Crippen molar-refractivity contribution in [3.63, 3.8) is 0 Å². The van der Waals surface area contributed by atoms with Crippen LogP contribution in [0.2, 0.25) is 0 Å². The van der Waals surface area contributed by atoms with Crippen LogP contribution in [0.1, 0.15) is 11.3 Å². The zero-order chi connectivity index (χ0) is 18.1. The van der Waals surface area contributed by atoms with Crippen molar-refractivity contribution in [3.05, 3.63) is 53.9 Å². The third-order valence-corrected chi connectivity index (χ3v) is 4.36. The van der Waals surface area contributed by atoms with Gasteiger partial charge in [-0.3, -0.25) is 9.98 Å². The number of hydrogen-bond donors (Lipinski definition) is 2. The lowest BCUT2D eigenvalue weighted by molar-refractivity contribution is 0.375. The first-order chi connectivity index (χ1) is 12.7. The molecule has 0 aliphatic carbocycles. The van der Waals surface area contributed by atoms with Crippen LogP contribution in [0, 0.1) is 0 Å². The highest BCUT2D eigenvalue weighted by Gasteiger charge is 2.21. The summed E-state index contributed by atoms with van der Waals surface area (Å²) in [4.78, 5) is 13.5. The van der Waals surface area contributed by atoms with Gasteiger partial charge in [0.1, 0.15) is 17.1 Å². The van der Waals surface area contributed by atoms with Crippen molar-refractivity contribution in [3.8, 4) is 17.2 Å². The number of phenols is 2. The molecule has 0 bridgehead atoms. The van der Waals surface area contributed by atoms with Crippen molar-refractivity contribution < 1.29 is 14.9 Å². The summed E-state index contributed by atoms with van der Waals surface area (Å²) in [6.45, 7) is 0.571. The van der Waals surface area contributed by atoms with Crippen LogP contribution in [0.5, 0.6) is 17.2 Å². The van der Waals surface area contributed by atoms with E-state index in [0.29, 0.717) is 29.4 Å². The molecule has 1 aliphatic rings. The number of phenolic OH excluding ortho intramolecular Hbond substituents is 2. The lowest BCUT2D eigenvalue weighted by atomic mass is 10.0. The second kappa shape index (κ2) is 6.48. The van der Waals surface area contributed by atoms with Crippen LogP contribution < -0.4 is 4.74 Å². The maximum Gasteiger partial charge on any atom is 0.184 e. The van der Waals surface area contributed by atoms with Gasteiger partial charge in [-0.2, -0.15) is 0 Å². The Bertz CT molecular complexity index is 1040. The first-order valence-corrected chi connectivity index (χ1v) is 8.23. The summed E-state index contributed by atoms with van der Waals surface area (Å²) in [5.41, 5.74) is 2.94. The van der Waals surface area contributed by atoms with Crippen molar-refractivity contribution in [2.45, 2.75) is 6.42 Å². The average molecular weight is 347 g/mol. The van der Waals surface area contributed by atoms with Crippen molar-refractivity contribution in [1.29, 1.82) is 0 Å². The zero-order valence-corrected chi connectivity index (χ0v) is 14.2. The van der Waals surface area contributed by atoms with Gasteiger partial charge in [0.15, 0.2) is 11.5 Å². The predicted octanol–water partition coefficient (Wildman–Crippen LogP) is 3.40. The minimum atomic E-state index is 0.00800. The molecule has 130 valence electrons. The van der Waals surface area contributed by atoms with E-state index < -0.39 is 0 Å². The third-order valence-electron chi connectivity index (χ3n) is 4.36. The first kappa shape index (κ1) is 16.1. The van der Waals surface area contributed by atoms with Gasteiger partial charge >= 0.3 is 0 Å². The molecule has 0 spiro atoms. The van der Waals surface area contributed by atoms with Crippen molar-refractivity contribution in [2.24, 2.45) is 9.98 Å². The van der Waals surface area contributed by atoms with Gasteiger partial charge in [-0.05, 0) is 41.6 Å². The largest absolute Gasteiger partial charge is 0.508 e. The number of aromatic hydroxyl groups is 2. The van der Waals surface area contributed by atoms with E-state index in [9.17, 15) is 10.2 Å². The lowest BCUT2D eigenvalue weighted by Crippen LogP contribution is -2.11. The first-order valence-electron chi connectivity index (χ1n) is 8.23. The Labute approximate surface area is 150 Å². The van der Waals surface area contributed by atoms with E-state index in [2.05, 4.69) is 15.0 Å². The molecule has 2 heterocycles. The monoisotopic (exact) mass is 347 g/mol. The summed E-state index contributed by atoms with van der Waals surface area (Å²) >= 11 is 0. The van der Waals surface area contributed by atoms with Gasteiger partial charge in [0, 0.05) is 18.1 Å². The minimum absolute atomic E-state index is 0.00800. The Morgan fingerprint density at radius 1 is 1.12 bits per heavy atom. The Morgan fingerprint density at radius 3 is 2.69 bits per heavy atom. The van der Waals surface area contributed by atoms with Gasteiger partial charge in [-0.25, -0.2) is 4.99 Å². The summed E-state index contributed by atoms with van der Waals surface area (Å²) in [6, 6.07) is 10.7. The van der Waals surface area contributed by atoms with E-state index in [1.54, 1.807) is 30.6 Å². The van der Waals surface area contributed by atoms with Gasteiger partial charge in [0.05, 0.1) is 19.0 Å². The average Bonchev–Trinajstić information content (AvgIpc) is 2.67. The fourth-order valence-electron chi connectivity index (χ4n) is 3.04. The van der Waals surface area contributed by atoms with Gasteiger partial charge in [-0.1, -0.05) is 12.1 Å². The molecule has 0 radical (unpaired) electrons. The smallest absolute Gasteiger partial charge is 0.184 e. The molecular weight excluding hydrogens is 330 g/mol. The number of nitrogens with zero attached hydrogens (tertiary/aromatic N) is 3. The van der Waals surface area contributed by atoms with Crippen LogP contribution in [-0.4, -0.2) is 40.8 Å². The summed E-state index contributed by atoms with van der Waals surface area (Å²) in [6.07, 6.45) is 4.08. The number of ether oxygens (including phenoxy) is 1. The van der Waals surface area contributed by atoms with Gasteiger partial charge < -0.3 is 14.9 Å². The van der Waals surface area contributed by atoms with Crippen LogP contribution in [-0.2, 0) is 6.42 Å². The maximum absolute atomic E-state index is 10.4. The molecule has 4 rings (SSSR count). The molecule has 6 heteroatoms. The zero-order valence-electron chi connectivity index (χ0n) is 14.2. The van der Waals surface area contributed by atoms with Crippen LogP contribution in [0.4, 0.5) is 5.69 Å². The van der Waals surface area contributed by atoms with Gasteiger partial charge in [0.25, 0.3) is 0 Å². The fourth-order valence-corrected chi connectivity index (χ4v) is 3.04. The molecule has 6 nitrogen and oxygen atoms in total. The molecule has 2 aromatic carbocycles. The Hall–Kier alpha value is -3.41. The molecule has 0 fully saturated rings. The third kappa shape index (κ3) is 2.75. The van der Waals surface area contributed by atoms with Crippen molar-refractivity contribution >= 4 is 28.4 Å². The highest BCUT2D eigenvalue weighted by atomic mass is 16.5. The standard InChI is InChI=1S/C20H17N3O3/c1-26-16-10-13-7-9-22-18-15(11-23-19(17(13)18)20(16)25)21-8-6-12-2-4-14(24)5-3-12/h2-5,7,9-11,24-25H,6,8H2,1H3. The van der Waals surface area contributed by atoms with Gasteiger partial charge in [-0.15, -0.1) is 0 Å². The number of hydrogen-bond acceptors (Lipinski definition) is 6. The molecule has 0 saturated carbocycles. The molecule has 26 heavy (non-hydrogen) atoms. The quantitative estimate of drug-likeness (QED) is 0.757.